The quantitative estimate of drug-likeness (QED) is 0.788. The Hall–Kier alpha value is -1.38. The van der Waals surface area contributed by atoms with E-state index in [-0.39, 0.29) is 10.8 Å². The molecule has 1 saturated heterocycles. The second kappa shape index (κ2) is 7.32. The minimum absolute atomic E-state index is 0.0895. The Balaban J connectivity index is 1.51. The topological polar surface area (TPSA) is 63.2 Å². The van der Waals surface area contributed by atoms with Crippen molar-refractivity contribution < 1.29 is 12.8 Å². The zero-order chi connectivity index (χ0) is 18.1. The molecule has 5 nitrogen and oxygen atoms in total. The first-order valence-corrected chi connectivity index (χ1v) is 11.4. The van der Waals surface area contributed by atoms with Gasteiger partial charge >= 0.3 is 0 Å². The number of benzene rings is 1. The molecule has 4 rings (SSSR count). The molecule has 2 heterocycles. The van der Waals surface area contributed by atoms with Gasteiger partial charge in [0.15, 0.2) is 0 Å². The largest absolute Gasteiger partial charge is 0.243 e. The summed E-state index contributed by atoms with van der Waals surface area (Å²) in [5.74, 6) is 0.185. The molecule has 0 bridgehead atoms. The number of hydrogen-bond donors (Lipinski definition) is 0. The molecule has 2 aromatic rings. The average Bonchev–Trinajstić information content (AvgIpc) is 3.34. The highest BCUT2D eigenvalue weighted by molar-refractivity contribution is 7.89. The number of nitrogens with zero attached hydrogens (tertiary/aromatic N) is 3. The first-order chi connectivity index (χ1) is 12.5. The Morgan fingerprint density at radius 3 is 2.27 bits per heavy atom. The summed E-state index contributed by atoms with van der Waals surface area (Å²) in [6.07, 6.45) is 6.60. The van der Waals surface area contributed by atoms with Crippen molar-refractivity contribution in [1.29, 1.82) is 0 Å². The van der Waals surface area contributed by atoms with Crippen molar-refractivity contribution >= 4 is 21.4 Å². The van der Waals surface area contributed by atoms with Gasteiger partial charge in [0.25, 0.3) is 0 Å². The Morgan fingerprint density at radius 1 is 0.962 bits per heavy atom. The number of sulfonamides is 1. The van der Waals surface area contributed by atoms with Crippen molar-refractivity contribution in [2.75, 3.05) is 13.1 Å². The van der Waals surface area contributed by atoms with Crippen molar-refractivity contribution in [2.24, 2.45) is 0 Å². The highest BCUT2D eigenvalue weighted by atomic mass is 32.2. The average molecular weight is 396 g/mol. The van der Waals surface area contributed by atoms with Crippen LogP contribution in [0.1, 0.15) is 60.4 Å². The normalized spacial score (nSPS) is 22.7. The molecule has 1 atom stereocenters. The third-order valence-corrected chi connectivity index (χ3v) is 8.47. The van der Waals surface area contributed by atoms with E-state index in [9.17, 15) is 12.8 Å². The molecule has 140 valence electrons. The molecule has 0 spiro atoms. The van der Waals surface area contributed by atoms with Crippen LogP contribution < -0.4 is 0 Å². The smallest absolute Gasteiger partial charge is 0.207 e. The molecule has 1 aromatic heterocycles. The van der Waals surface area contributed by atoms with E-state index in [1.165, 1.54) is 54.3 Å². The first kappa shape index (κ1) is 18.0. The first-order valence-electron chi connectivity index (χ1n) is 9.13. The molecule has 1 unspecified atom stereocenters. The summed E-state index contributed by atoms with van der Waals surface area (Å²) in [6, 6.07) is 5.04. The van der Waals surface area contributed by atoms with Crippen LogP contribution in [0.15, 0.2) is 29.2 Å². The lowest BCUT2D eigenvalue weighted by Crippen LogP contribution is -2.39. The summed E-state index contributed by atoms with van der Waals surface area (Å²) in [5, 5.41) is 10.8. The molecule has 1 aliphatic carbocycles. The molecule has 2 aliphatic rings. The van der Waals surface area contributed by atoms with Crippen LogP contribution in [0, 0.1) is 5.82 Å². The lowest BCUT2D eigenvalue weighted by molar-refractivity contribution is 0.314. The fourth-order valence-corrected chi connectivity index (χ4v) is 6.53. The molecular formula is C18H22FN3O2S2. The third kappa shape index (κ3) is 3.54. The number of rotatable bonds is 4. The van der Waals surface area contributed by atoms with Gasteiger partial charge in [0.2, 0.25) is 10.0 Å². The zero-order valence-corrected chi connectivity index (χ0v) is 16.1. The maximum absolute atomic E-state index is 13.1. The lowest BCUT2D eigenvalue weighted by atomic mass is 10.0. The fraction of sp³-hybridized carbons (Fsp3) is 0.556. The molecule has 1 aromatic carbocycles. The van der Waals surface area contributed by atoms with Crippen molar-refractivity contribution in [1.82, 2.24) is 14.5 Å². The van der Waals surface area contributed by atoms with Gasteiger partial charge < -0.3 is 0 Å². The SMILES string of the molecule is O=S(=O)(c1ccc(F)cc1)N1CCCC(c2nnc(C3CCCC3)s2)C1. The zero-order valence-electron chi connectivity index (χ0n) is 14.5. The summed E-state index contributed by atoms with van der Waals surface area (Å²) >= 11 is 1.65. The highest BCUT2D eigenvalue weighted by Crippen LogP contribution is 2.38. The summed E-state index contributed by atoms with van der Waals surface area (Å²) in [5.41, 5.74) is 0. The Kier molecular flexibility index (Phi) is 5.07. The van der Waals surface area contributed by atoms with E-state index in [2.05, 4.69) is 10.2 Å². The standard InChI is InChI=1S/C18H22FN3O2S2/c19-15-7-9-16(10-8-15)26(23,24)22-11-3-6-14(12-22)18-21-20-17(25-18)13-4-1-2-5-13/h7-10,13-14H,1-6,11-12H2. The van der Waals surface area contributed by atoms with Crippen molar-refractivity contribution in [3.05, 3.63) is 40.1 Å². The van der Waals surface area contributed by atoms with Gasteiger partial charge in [-0.1, -0.05) is 12.8 Å². The van der Waals surface area contributed by atoms with Gasteiger partial charge in [-0.15, -0.1) is 21.5 Å². The molecule has 1 saturated carbocycles. The summed E-state index contributed by atoms with van der Waals surface area (Å²) in [4.78, 5) is 0.142. The molecule has 8 heteroatoms. The maximum Gasteiger partial charge on any atom is 0.243 e. The molecule has 1 aliphatic heterocycles. The molecule has 26 heavy (non-hydrogen) atoms. The van der Waals surface area contributed by atoms with Crippen LogP contribution in [0.5, 0.6) is 0 Å². The van der Waals surface area contributed by atoms with Crippen LogP contribution in [-0.2, 0) is 10.0 Å². The van der Waals surface area contributed by atoms with E-state index in [0.717, 1.165) is 22.9 Å². The van der Waals surface area contributed by atoms with Crippen LogP contribution in [-0.4, -0.2) is 36.0 Å². The fourth-order valence-electron chi connectivity index (χ4n) is 3.87. The highest BCUT2D eigenvalue weighted by Gasteiger charge is 2.33. The van der Waals surface area contributed by atoms with Crippen molar-refractivity contribution in [2.45, 2.75) is 55.3 Å². The molecule has 0 radical (unpaired) electrons. The van der Waals surface area contributed by atoms with E-state index < -0.39 is 15.8 Å². The third-order valence-electron chi connectivity index (χ3n) is 5.35. The number of halogens is 1. The predicted octanol–water partition coefficient (Wildman–Crippen LogP) is 3.90. The van der Waals surface area contributed by atoms with Crippen molar-refractivity contribution in [3.63, 3.8) is 0 Å². The second-order valence-corrected chi connectivity index (χ2v) is 10.1. The molecule has 0 amide bonds. The van der Waals surface area contributed by atoms with E-state index in [1.54, 1.807) is 11.3 Å². The van der Waals surface area contributed by atoms with Crippen LogP contribution in [0.4, 0.5) is 4.39 Å². The number of aromatic nitrogens is 2. The van der Waals surface area contributed by atoms with Gasteiger partial charge in [-0.05, 0) is 49.9 Å². The van der Waals surface area contributed by atoms with Crippen LogP contribution in [0.3, 0.4) is 0 Å². The lowest BCUT2D eigenvalue weighted by Gasteiger charge is -2.30. The monoisotopic (exact) mass is 395 g/mol. The summed E-state index contributed by atoms with van der Waals surface area (Å²) in [7, 11) is -3.61. The van der Waals surface area contributed by atoms with E-state index in [0.29, 0.717) is 19.0 Å². The van der Waals surface area contributed by atoms with Gasteiger partial charge in [-0.3, -0.25) is 0 Å². The minimum atomic E-state index is -3.61. The molecule has 2 fully saturated rings. The van der Waals surface area contributed by atoms with Crippen LogP contribution in [0.25, 0.3) is 0 Å². The van der Waals surface area contributed by atoms with E-state index >= 15 is 0 Å². The Labute approximate surface area is 157 Å². The molecule has 0 N–H and O–H groups in total. The Bertz CT molecular complexity index is 861. The second-order valence-electron chi connectivity index (χ2n) is 7.12. The van der Waals surface area contributed by atoms with Gasteiger partial charge in [-0.25, -0.2) is 12.8 Å². The van der Waals surface area contributed by atoms with Gasteiger partial charge in [-0.2, -0.15) is 4.31 Å². The van der Waals surface area contributed by atoms with Crippen LogP contribution in [0.2, 0.25) is 0 Å². The van der Waals surface area contributed by atoms with Crippen LogP contribution >= 0.6 is 11.3 Å². The van der Waals surface area contributed by atoms with Gasteiger partial charge in [0.1, 0.15) is 15.8 Å². The van der Waals surface area contributed by atoms with E-state index in [1.807, 2.05) is 0 Å². The summed E-state index contributed by atoms with van der Waals surface area (Å²) < 4.78 is 40.3. The predicted molar refractivity (Wildman–Crippen MR) is 98.3 cm³/mol. The minimum Gasteiger partial charge on any atom is -0.207 e. The summed E-state index contributed by atoms with van der Waals surface area (Å²) in [6.45, 7) is 0.906. The number of hydrogen-bond acceptors (Lipinski definition) is 5. The van der Waals surface area contributed by atoms with E-state index in [4.69, 9.17) is 0 Å². The van der Waals surface area contributed by atoms with Gasteiger partial charge in [0.05, 0.1) is 4.90 Å². The van der Waals surface area contributed by atoms with Crippen molar-refractivity contribution in [3.8, 4) is 0 Å². The van der Waals surface area contributed by atoms with Gasteiger partial charge in [0, 0.05) is 24.9 Å². The maximum atomic E-state index is 13.1. The Morgan fingerprint density at radius 2 is 1.58 bits per heavy atom. The number of piperidine rings is 1. The molecular weight excluding hydrogens is 373 g/mol.